The van der Waals surface area contributed by atoms with Crippen LogP contribution in [-0.2, 0) is 0 Å². The quantitative estimate of drug-likeness (QED) is 0.288. The zero-order chi connectivity index (χ0) is 12.0. The lowest BCUT2D eigenvalue weighted by atomic mass is 10.3. The Morgan fingerprint density at radius 2 is 2.12 bits per heavy atom. The van der Waals surface area contributed by atoms with Crippen molar-refractivity contribution < 1.29 is 4.74 Å². The molecule has 1 aromatic carbocycles. The number of anilines is 1. The normalized spacial score (nSPS) is 8.88. The maximum absolute atomic E-state index is 8.22. The van der Waals surface area contributed by atoms with Crippen LogP contribution in [0, 0.1) is 0 Å². The molecule has 0 heterocycles. The summed E-state index contributed by atoms with van der Waals surface area (Å²) in [5, 5.41) is 4.88. The second-order valence-corrected chi connectivity index (χ2v) is 3.24. The first kappa shape index (κ1) is 12.1. The number of azide groups is 1. The van der Waals surface area contributed by atoms with Crippen LogP contribution in [-0.4, -0.2) is 24.3 Å². The van der Waals surface area contributed by atoms with Crippen molar-refractivity contribution in [2.45, 2.75) is 0 Å². The molecular weight excluding hydrogens is 226 g/mol. The molecule has 0 unspecified atom stereocenters. The van der Waals surface area contributed by atoms with Gasteiger partial charge in [0.05, 0.1) is 12.8 Å². The lowest BCUT2D eigenvalue weighted by Crippen LogP contribution is -2.29. The molecule has 84 valence electrons. The first-order valence-corrected chi connectivity index (χ1v) is 4.81. The van der Waals surface area contributed by atoms with Gasteiger partial charge in [-0.05, 0) is 34.9 Å². The van der Waals surface area contributed by atoms with E-state index in [-0.39, 0.29) is 5.11 Å². The molecule has 0 saturated carbocycles. The predicted molar refractivity (Wildman–Crippen MR) is 66.1 cm³/mol. The van der Waals surface area contributed by atoms with Crippen LogP contribution in [0.25, 0.3) is 10.4 Å². The summed E-state index contributed by atoms with van der Waals surface area (Å²) in [6.45, 7) is 0. The summed E-state index contributed by atoms with van der Waals surface area (Å²) >= 11 is 4.84. The van der Waals surface area contributed by atoms with Crippen LogP contribution in [0.2, 0.25) is 0 Å². The van der Waals surface area contributed by atoms with Crippen LogP contribution in [0.5, 0.6) is 5.75 Å². The van der Waals surface area contributed by atoms with Crippen molar-refractivity contribution in [2.75, 3.05) is 19.6 Å². The lowest BCUT2D eigenvalue weighted by Gasteiger charge is -2.19. The first-order chi connectivity index (χ1) is 7.67. The molecule has 0 aliphatic rings. The Morgan fingerprint density at radius 1 is 1.50 bits per heavy atom. The predicted octanol–water partition coefficient (Wildman–Crippen LogP) is 2.55. The van der Waals surface area contributed by atoms with Gasteiger partial charge in [0.2, 0.25) is 0 Å². The summed E-state index contributed by atoms with van der Waals surface area (Å²) in [4.78, 5) is 2.61. The van der Waals surface area contributed by atoms with E-state index in [0.717, 1.165) is 11.4 Å². The fraction of sp³-hybridized carbons (Fsp3) is 0.222. The Labute approximate surface area is 98.4 Å². The molecule has 0 bridgehead atoms. The van der Waals surface area contributed by atoms with Gasteiger partial charge in [-0.3, -0.25) is 10.4 Å². The summed E-state index contributed by atoms with van der Waals surface area (Å²) in [7, 11) is 3.27. The number of methoxy groups -OCH3 is 1. The second kappa shape index (κ2) is 5.79. The van der Waals surface area contributed by atoms with Gasteiger partial charge >= 0.3 is 0 Å². The van der Waals surface area contributed by atoms with E-state index >= 15 is 0 Å². The van der Waals surface area contributed by atoms with Crippen molar-refractivity contribution in [3.8, 4) is 5.75 Å². The van der Waals surface area contributed by atoms with E-state index in [1.807, 2.05) is 24.3 Å². The van der Waals surface area contributed by atoms with Gasteiger partial charge in [0, 0.05) is 12.0 Å². The third-order valence-electron chi connectivity index (χ3n) is 1.80. The summed E-state index contributed by atoms with van der Waals surface area (Å²) in [6, 6.07) is 7.28. The number of hydrogen-bond acceptors (Lipinski definition) is 3. The number of hydrogen-bond donors (Lipinski definition) is 1. The third-order valence-corrected chi connectivity index (χ3v) is 2.16. The Hall–Kier alpha value is -1.98. The smallest absolute Gasteiger partial charge is 0.184 e. The average Bonchev–Trinajstić information content (AvgIpc) is 2.30. The maximum atomic E-state index is 8.22. The SMILES string of the molecule is COc1ccc(NN(C)C(=S)N=[N+]=[N-])cc1. The van der Waals surface area contributed by atoms with Crippen LogP contribution in [0.1, 0.15) is 0 Å². The molecule has 0 aliphatic heterocycles. The molecule has 1 N–H and O–H groups in total. The summed E-state index contributed by atoms with van der Waals surface area (Å²) < 4.78 is 5.03. The van der Waals surface area contributed by atoms with Gasteiger partial charge in [-0.1, -0.05) is 12.2 Å². The van der Waals surface area contributed by atoms with Gasteiger partial charge in [-0.2, -0.15) is 0 Å². The standard InChI is InChI=1S/C9H11N5OS/c1-14(9(16)11-13-10)12-7-3-5-8(15-2)6-4-7/h3-6,12H,1-2H3. The summed E-state index contributed by atoms with van der Waals surface area (Å²) in [5.41, 5.74) is 12.0. The van der Waals surface area contributed by atoms with Gasteiger partial charge in [-0.25, -0.2) is 0 Å². The Bertz CT molecular complexity index is 412. The molecular formula is C9H11N5OS. The van der Waals surface area contributed by atoms with E-state index in [9.17, 15) is 0 Å². The molecule has 0 fully saturated rings. The van der Waals surface area contributed by atoms with Gasteiger partial charge in [-0.15, -0.1) is 0 Å². The van der Waals surface area contributed by atoms with Gasteiger partial charge in [0.25, 0.3) is 0 Å². The first-order valence-electron chi connectivity index (χ1n) is 4.41. The Balaban J connectivity index is 2.65. The van der Waals surface area contributed by atoms with Gasteiger partial charge in [0.15, 0.2) is 5.11 Å². The largest absolute Gasteiger partial charge is 0.497 e. The van der Waals surface area contributed by atoms with E-state index in [2.05, 4.69) is 15.5 Å². The molecule has 0 spiro atoms. The van der Waals surface area contributed by atoms with Crippen LogP contribution in [0.3, 0.4) is 0 Å². The van der Waals surface area contributed by atoms with Crippen molar-refractivity contribution >= 4 is 23.0 Å². The van der Waals surface area contributed by atoms with E-state index in [1.54, 1.807) is 14.2 Å². The fourth-order valence-electron chi connectivity index (χ4n) is 1.01. The topological polar surface area (TPSA) is 73.3 Å². The van der Waals surface area contributed by atoms with E-state index < -0.39 is 0 Å². The fourth-order valence-corrected chi connectivity index (χ4v) is 1.09. The maximum Gasteiger partial charge on any atom is 0.184 e. The summed E-state index contributed by atoms with van der Waals surface area (Å²) in [6.07, 6.45) is 0. The zero-order valence-corrected chi connectivity index (χ0v) is 9.73. The molecule has 0 aromatic heterocycles. The Morgan fingerprint density at radius 3 is 2.62 bits per heavy atom. The number of rotatable bonds is 3. The van der Waals surface area contributed by atoms with Crippen LogP contribution in [0.4, 0.5) is 5.69 Å². The minimum absolute atomic E-state index is 0.123. The second-order valence-electron chi connectivity index (χ2n) is 2.87. The third kappa shape index (κ3) is 3.30. The van der Waals surface area contributed by atoms with Crippen molar-refractivity contribution in [3.05, 3.63) is 34.7 Å². The van der Waals surface area contributed by atoms with Crippen LogP contribution < -0.4 is 10.2 Å². The highest BCUT2D eigenvalue weighted by molar-refractivity contribution is 7.80. The molecule has 7 heteroatoms. The zero-order valence-electron chi connectivity index (χ0n) is 8.91. The minimum Gasteiger partial charge on any atom is -0.497 e. The number of nitrogens with one attached hydrogen (secondary N) is 1. The highest BCUT2D eigenvalue weighted by Gasteiger charge is 2.01. The molecule has 6 nitrogen and oxygen atoms in total. The monoisotopic (exact) mass is 237 g/mol. The van der Waals surface area contributed by atoms with Gasteiger partial charge in [0.1, 0.15) is 5.75 Å². The Kier molecular flexibility index (Phi) is 4.38. The number of thiocarbonyl (C=S) groups is 1. The molecule has 1 aromatic rings. The molecule has 0 atom stereocenters. The lowest BCUT2D eigenvalue weighted by molar-refractivity contribution is 0.415. The van der Waals surface area contributed by atoms with E-state index in [1.165, 1.54) is 5.01 Å². The van der Waals surface area contributed by atoms with Crippen molar-refractivity contribution in [2.24, 2.45) is 5.11 Å². The number of ether oxygens (including phenoxy) is 1. The minimum atomic E-state index is 0.123. The highest BCUT2D eigenvalue weighted by Crippen LogP contribution is 2.15. The number of nitrogens with zero attached hydrogens (tertiary/aromatic N) is 4. The van der Waals surface area contributed by atoms with Crippen molar-refractivity contribution in [3.63, 3.8) is 0 Å². The molecule has 0 radical (unpaired) electrons. The average molecular weight is 237 g/mol. The number of hydrazine groups is 1. The van der Waals surface area contributed by atoms with Crippen LogP contribution in [0.15, 0.2) is 29.4 Å². The molecule has 0 aliphatic carbocycles. The highest BCUT2D eigenvalue weighted by atomic mass is 32.1. The molecule has 0 amide bonds. The number of benzene rings is 1. The van der Waals surface area contributed by atoms with E-state index in [4.69, 9.17) is 22.5 Å². The summed E-state index contributed by atoms with van der Waals surface area (Å²) in [5.74, 6) is 0.769. The van der Waals surface area contributed by atoms with Crippen molar-refractivity contribution in [1.29, 1.82) is 0 Å². The molecule has 1 rings (SSSR count). The van der Waals surface area contributed by atoms with E-state index in [0.29, 0.717) is 0 Å². The van der Waals surface area contributed by atoms with Crippen molar-refractivity contribution in [1.82, 2.24) is 5.01 Å². The molecule has 16 heavy (non-hydrogen) atoms. The van der Waals surface area contributed by atoms with Crippen LogP contribution >= 0.6 is 12.2 Å². The molecule has 0 saturated heterocycles. The van der Waals surface area contributed by atoms with Gasteiger partial charge < -0.3 is 4.74 Å².